The van der Waals surface area contributed by atoms with Gasteiger partial charge in [0.1, 0.15) is 6.61 Å². The molecular formula is C16H14N2O5S. The molecule has 0 unspecified atom stereocenters. The average Bonchev–Trinajstić information content (AvgIpc) is 3.08. The van der Waals surface area contributed by atoms with Gasteiger partial charge in [0.2, 0.25) is 0 Å². The molecule has 0 saturated carbocycles. The summed E-state index contributed by atoms with van der Waals surface area (Å²) in [5.74, 6) is 0.378. The Morgan fingerprint density at radius 2 is 2.08 bits per heavy atom. The first-order valence-electron chi connectivity index (χ1n) is 6.97. The summed E-state index contributed by atoms with van der Waals surface area (Å²) in [6.07, 6.45) is 1.68. The van der Waals surface area contributed by atoms with Gasteiger partial charge in [-0.05, 0) is 18.2 Å². The average molecular weight is 346 g/mol. The van der Waals surface area contributed by atoms with Gasteiger partial charge < -0.3 is 14.2 Å². The largest absolute Gasteiger partial charge is 0.493 e. The lowest BCUT2D eigenvalue weighted by Gasteiger charge is -2.11. The van der Waals surface area contributed by atoms with Gasteiger partial charge in [0.15, 0.2) is 16.5 Å². The van der Waals surface area contributed by atoms with Gasteiger partial charge in [0.05, 0.1) is 25.5 Å². The number of methoxy groups -OCH3 is 2. The molecule has 0 N–H and O–H groups in total. The molecule has 0 atom stereocenters. The van der Waals surface area contributed by atoms with Crippen LogP contribution in [0.15, 0.2) is 40.6 Å². The van der Waals surface area contributed by atoms with E-state index >= 15 is 0 Å². The van der Waals surface area contributed by atoms with Crippen LogP contribution in [0.3, 0.4) is 0 Å². The Balaban J connectivity index is 1.82. The molecule has 3 aromatic rings. The van der Waals surface area contributed by atoms with Gasteiger partial charge in [-0.25, -0.2) is 9.78 Å². The number of carbonyl (C=O) groups is 1. The number of benzene rings is 1. The Hall–Kier alpha value is -2.87. The molecule has 24 heavy (non-hydrogen) atoms. The summed E-state index contributed by atoms with van der Waals surface area (Å²) < 4.78 is 17.1. The second-order valence-corrected chi connectivity index (χ2v) is 5.66. The van der Waals surface area contributed by atoms with E-state index in [2.05, 4.69) is 9.72 Å². The minimum atomic E-state index is -0.460. The highest BCUT2D eigenvalue weighted by atomic mass is 32.1. The highest BCUT2D eigenvalue weighted by Gasteiger charge is 2.12. The Morgan fingerprint density at radius 1 is 1.25 bits per heavy atom. The number of nitrogens with zero attached hydrogens (tertiary/aromatic N) is 2. The summed E-state index contributed by atoms with van der Waals surface area (Å²) in [6, 6.07) is 6.15. The van der Waals surface area contributed by atoms with Crippen LogP contribution in [0.4, 0.5) is 0 Å². The fraction of sp³-hybridized carbons (Fsp3) is 0.188. The molecule has 0 aliphatic rings. The zero-order valence-electron chi connectivity index (χ0n) is 13.0. The van der Waals surface area contributed by atoms with Crippen molar-refractivity contribution in [2.75, 3.05) is 14.2 Å². The summed E-state index contributed by atoms with van der Waals surface area (Å²) in [6.45, 7) is 0.109. The maximum atomic E-state index is 11.9. The number of fused-ring (bicyclic) bond motifs is 1. The Morgan fingerprint density at radius 3 is 2.83 bits per heavy atom. The van der Waals surface area contributed by atoms with E-state index in [0.29, 0.717) is 27.7 Å². The molecule has 0 aliphatic carbocycles. The summed E-state index contributed by atoms with van der Waals surface area (Å²) in [7, 11) is 2.79. The quantitative estimate of drug-likeness (QED) is 0.659. The molecule has 1 aromatic carbocycles. The molecule has 124 valence electrons. The number of rotatable bonds is 5. The van der Waals surface area contributed by atoms with Crippen molar-refractivity contribution in [2.45, 2.75) is 6.61 Å². The Labute approximate surface area is 141 Å². The smallest absolute Gasteiger partial charge is 0.337 e. The molecule has 2 aromatic heterocycles. The lowest BCUT2D eigenvalue weighted by molar-refractivity contribution is 0.0600. The van der Waals surface area contributed by atoms with Crippen molar-refractivity contribution in [3.8, 4) is 11.5 Å². The van der Waals surface area contributed by atoms with Crippen molar-refractivity contribution in [3.05, 3.63) is 57.5 Å². The van der Waals surface area contributed by atoms with Crippen LogP contribution in [0, 0.1) is 0 Å². The summed E-state index contributed by atoms with van der Waals surface area (Å²) in [5, 5.41) is 1.79. The van der Waals surface area contributed by atoms with E-state index in [1.165, 1.54) is 42.1 Å². The molecule has 8 heteroatoms. The third kappa shape index (κ3) is 3.09. The zero-order chi connectivity index (χ0) is 17.1. The second kappa shape index (κ2) is 6.71. The van der Waals surface area contributed by atoms with Crippen molar-refractivity contribution >= 4 is 22.3 Å². The van der Waals surface area contributed by atoms with Crippen molar-refractivity contribution in [2.24, 2.45) is 0 Å². The number of hydrogen-bond acceptors (Lipinski definition) is 7. The first kappa shape index (κ1) is 16.0. The SMILES string of the molecule is COC(=O)c1ccc(OCc2cc(=O)n3ccsc3n2)c(OC)c1. The number of thiazole rings is 1. The van der Waals surface area contributed by atoms with E-state index < -0.39 is 5.97 Å². The van der Waals surface area contributed by atoms with Gasteiger partial charge in [0, 0.05) is 17.6 Å². The van der Waals surface area contributed by atoms with Crippen LogP contribution in [-0.2, 0) is 11.3 Å². The van der Waals surface area contributed by atoms with E-state index in [1.807, 2.05) is 0 Å². The van der Waals surface area contributed by atoms with Crippen molar-refractivity contribution in [1.82, 2.24) is 9.38 Å². The molecule has 2 heterocycles. The molecule has 0 saturated heterocycles. The molecule has 0 amide bonds. The number of esters is 1. The van der Waals surface area contributed by atoms with Crippen molar-refractivity contribution in [1.29, 1.82) is 0 Å². The summed E-state index contributed by atoms with van der Waals surface area (Å²) >= 11 is 1.37. The van der Waals surface area contributed by atoms with Crippen molar-refractivity contribution in [3.63, 3.8) is 0 Å². The summed E-state index contributed by atoms with van der Waals surface area (Å²) in [5.41, 5.74) is 0.715. The fourth-order valence-corrected chi connectivity index (χ4v) is 2.88. The van der Waals surface area contributed by atoms with Crippen LogP contribution >= 0.6 is 11.3 Å². The van der Waals surface area contributed by atoms with Crippen LogP contribution < -0.4 is 15.0 Å². The van der Waals surface area contributed by atoms with Gasteiger partial charge in [-0.2, -0.15) is 0 Å². The highest BCUT2D eigenvalue weighted by Crippen LogP contribution is 2.29. The molecule has 0 radical (unpaired) electrons. The number of carbonyl (C=O) groups excluding carboxylic acids is 1. The van der Waals surface area contributed by atoms with Crippen LogP contribution in [0.1, 0.15) is 16.1 Å². The van der Waals surface area contributed by atoms with E-state index in [1.54, 1.807) is 23.7 Å². The molecule has 0 spiro atoms. The Kier molecular flexibility index (Phi) is 4.48. The normalized spacial score (nSPS) is 10.6. The molecular weight excluding hydrogens is 332 g/mol. The maximum Gasteiger partial charge on any atom is 0.337 e. The highest BCUT2D eigenvalue weighted by molar-refractivity contribution is 7.15. The van der Waals surface area contributed by atoms with Crippen molar-refractivity contribution < 1.29 is 19.0 Å². The van der Waals surface area contributed by atoms with Crippen LogP contribution in [0.5, 0.6) is 11.5 Å². The first-order valence-corrected chi connectivity index (χ1v) is 7.85. The molecule has 0 fully saturated rings. The van der Waals surface area contributed by atoms with Gasteiger partial charge in [-0.3, -0.25) is 9.20 Å². The monoisotopic (exact) mass is 346 g/mol. The van der Waals surface area contributed by atoms with E-state index in [4.69, 9.17) is 9.47 Å². The number of ether oxygens (including phenoxy) is 3. The van der Waals surface area contributed by atoms with Gasteiger partial charge in [-0.1, -0.05) is 0 Å². The van der Waals surface area contributed by atoms with E-state index in [0.717, 1.165) is 0 Å². The number of hydrogen-bond donors (Lipinski definition) is 0. The van der Waals surface area contributed by atoms with E-state index in [9.17, 15) is 9.59 Å². The zero-order valence-corrected chi connectivity index (χ0v) is 13.8. The van der Waals surface area contributed by atoms with Crippen LogP contribution in [0.25, 0.3) is 4.96 Å². The fourth-order valence-electron chi connectivity index (χ4n) is 2.15. The molecule has 3 rings (SSSR count). The van der Waals surface area contributed by atoms with Crippen LogP contribution in [0.2, 0.25) is 0 Å². The topological polar surface area (TPSA) is 79.1 Å². The lowest BCUT2D eigenvalue weighted by atomic mass is 10.2. The van der Waals surface area contributed by atoms with Gasteiger partial charge >= 0.3 is 5.97 Å². The predicted molar refractivity (Wildman–Crippen MR) is 88.0 cm³/mol. The molecule has 0 aliphatic heterocycles. The van der Waals surface area contributed by atoms with Gasteiger partial charge in [-0.15, -0.1) is 11.3 Å². The summed E-state index contributed by atoms with van der Waals surface area (Å²) in [4.78, 5) is 28.5. The third-order valence-electron chi connectivity index (χ3n) is 3.32. The minimum absolute atomic E-state index is 0.109. The lowest BCUT2D eigenvalue weighted by Crippen LogP contribution is -2.14. The van der Waals surface area contributed by atoms with E-state index in [-0.39, 0.29) is 12.2 Å². The molecule has 0 bridgehead atoms. The molecule has 7 nitrogen and oxygen atoms in total. The standard InChI is InChI=1S/C16H14N2O5S/c1-21-13-7-10(15(20)22-2)3-4-12(13)23-9-11-8-14(19)18-5-6-24-16(18)17-11/h3-8H,9H2,1-2H3. The maximum absolute atomic E-state index is 11.9. The Bertz CT molecular complexity index is 947. The van der Waals surface area contributed by atoms with Gasteiger partial charge in [0.25, 0.3) is 5.56 Å². The third-order valence-corrected chi connectivity index (χ3v) is 4.07. The minimum Gasteiger partial charge on any atom is -0.493 e. The van der Waals surface area contributed by atoms with Crippen LogP contribution in [-0.4, -0.2) is 29.6 Å². The first-order chi connectivity index (χ1) is 11.6. The second-order valence-electron chi connectivity index (χ2n) is 4.79. The number of aromatic nitrogens is 2. The predicted octanol–water partition coefficient (Wildman–Crippen LogP) is 2.13.